The fourth-order valence-corrected chi connectivity index (χ4v) is 0. The second kappa shape index (κ2) is 4.30. The van der Waals surface area contributed by atoms with Crippen molar-refractivity contribution < 1.29 is 14.7 Å². The zero-order chi connectivity index (χ0) is 6.41. The van der Waals surface area contributed by atoms with Gasteiger partial charge in [0.25, 0.3) is 0 Å². The summed E-state index contributed by atoms with van der Waals surface area (Å²) in [5.41, 5.74) is 0. The molecular weight excluding hydrogens is 108 g/mol. The molecule has 0 unspecified atom stereocenters. The largest absolute Gasteiger partial charge is 0.476 e. The molecule has 0 atom stereocenters. The lowest BCUT2D eigenvalue weighted by Crippen LogP contribution is -1.91. The Labute approximate surface area is 47.3 Å². The first-order chi connectivity index (χ1) is 3.77. The van der Waals surface area contributed by atoms with E-state index in [2.05, 4.69) is 0 Å². The van der Waals surface area contributed by atoms with Gasteiger partial charge in [-0.3, -0.25) is 4.79 Å². The van der Waals surface area contributed by atoms with Gasteiger partial charge >= 0.3 is 5.97 Å². The van der Waals surface area contributed by atoms with E-state index in [4.69, 9.17) is 14.7 Å². The van der Waals surface area contributed by atoms with Crippen molar-refractivity contribution in [2.75, 3.05) is 0 Å². The highest BCUT2D eigenvalue weighted by Gasteiger charge is 1.95. The van der Waals surface area contributed by atoms with E-state index in [-0.39, 0.29) is 6.29 Å². The number of carbonyl (C=O) groups excluding carboxylic acids is 1. The summed E-state index contributed by atoms with van der Waals surface area (Å²) in [5, 5.41) is 7.35. The van der Waals surface area contributed by atoms with Gasteiger partial charge in [0.1, 0.15) is 0 Å². The molecule has 8 heavy (non-hydrogen) atoms. The van der Waals surface area contributed by atoms with Crippen LogP contribution in [0.3, 0.4) is 0 Å². The molecule has 1 N–H and O–H groups in total. The minimum absolute atomic E-state index is 0.167. The molecule has 1 aliphatic carbocycles. The predicted molar refractivity (Wildman–Crippen MR) is 27.6 cm³/mol. The first kappa shape index (κ1) is 7.14. The van der Waals surface area contributed by atoms with Gasteiger partial charge in [-0.15, -0.1) is 0 Å². The zero-order valence-corrected chi connectivity index (χ0v) is 4.46. The van der Waals surface area contributed by atoms with E-state index in [0.717, 1.165) is 0 Å². The van der Waals surface area contributed by atoms with Gasteiger partial charge in [0.2, 0.25) is 6.29 Å². The summed E-state index contributed by atoms with van der Waals surface area (Å²) in [4.78, 5) is 17.9. The highest BCUT2D eigenvalue weighted by Crippen LogP contribution is 2.14. The summed E-state index contributed by atoms with van der Waals surface area (Å²) in [5.74, 6) is -1.43. The van der Waals surface area contributed by atoms with Crippen LogP contribution in [0.5, 0.6) is 0 Å². The van der Waals surface area contributed by atoms with Crippen LogP contribution in [-0.2, 0) is 9.59 Å². The SMILES string of the molecule is C1CC1.O=CC(=O)O. The Morgan fingerprint density at radius 2 is 1.62 bits per heavy atom. The molecule has 46 valence electrons. The zero-order valence-electron chi connectivity index (χ0n) is 4.46. The summed E-state index contributed by atoms with van der Waals surface area (Å²) in [6.07, 6.45) is 4.33. The standard InChI is InChI=1S/C3H6.C2H2O3/c1-2-3-1;3-1-2(4)5/h1-3H2;1H,(H,4,5). The Morgan fingerprint density at radius 3 is 1.62 bits per heavy atom. The molecule has 3 heteroatoms. The van der Waals surface area contributed by atoms with Gasteiger partial charge in [-0.25, -0.2) is 4.79 Å². The van der Waals surface area contributed by atoms with E-state index >= 15 is 0 Å². The van der Waals surface area contributed by atoms with Crippen LogP contribution in [0.1, 0.15) is 19.3 Å². The van der Waals surface area contributed by atoms with Gasteiger partial charge in [-0.05, 0) is 0 Å². The first-order valence-electron chi connectivity index (χ1n) is 2.45. The Hall–Kier alpha value is -0.860. The van der Waals surface area contributed by atoms with Gasteiger partial charge < -0.3 is 5.11 Å². The number of carbonyl (C=O) groups is 2. The van der Waals surface area contributed by atoms with Crippen molar-refractivity contribution in [1.82, 2.24) is 0 Å². The molecule has 1 aliphatic rings. The third-order valence-corrected chi connectivity index (χ3v) is 0.454. The summed E-state index contributed by atoms with van der Waals surface area (Å²) < 4.78 is 0. The molecule has 0 amide bonds. The van der Waals surface area contributed by atoms with Crippen LogP contribution < -0.4 is 0 Å². The molecule has 0 bridgehead atoms. The Balaban J connectivity index is 0.000000135. The van der Waals surface area contributed by atoms with Crippen LogP contribution >= 0.6 is 0 Å². The molecule has 0 radical (unpaired) electrons. The lowest BCUT2D eigenvalue weighted by atomic mass is 10.8. The quantitative estimate of drug-likeness (QED) is 0.399. The van der Waals surface area contributed by atoms with E-state index < -0.39 is 5.97 Å². The van der Waals surface area contributed by atoms with Crippen molar-refractivity contribution in [3.05, 3.63) is 0 Å². The molecule has 0 heterocycles. The first-order valence-corrected chi connectivity index (χ1v) is 2.45. The van der Waals surface area contributed by atoms with Gasteiger partial charge in [0, 0.05) is 0 Å². The lowest BCUT2D eigenvalue weighted by molar-refractivity contribution is -0.143. The average Bonchev–Trinajstić information content (AvgIpc) is 2.48. The maximum atomic E-state index is 9.00. The van der Waals surface area contributed by atoms with Gasteiger partial charge in [0.15, 0.2) is 0 Å². The maximum Gasteiger partial charge on any atom is 0.368 e. The minimum atomic E-state index is -1.43. The van der Waals surface area contributed by atoms with E-state index in [1.165, 1.54) is 19.3 Å². The minimum Gasteiger partial charge on any atom is -0.476 e. The number of rotatable bonds is 1. The molecule has 1 fully saturated rings. The van der Waals surface area contributed by atoms with Crippen LogP contribution in [0.15, 0.2) is 0 Å². The molecule has 1 rings (SSSR count). The van der Waals surface area contributed by atoms with Crippen LogP contribution in [0, 0.1) is 0 Å². The van der Waals surface area contributed by atoms with E-state index in [1.807, 2.05) is 0 Å². The van der Waals surface area contributed by atoms with Gasteiger partial charge in [-0.2, -0.15) is 0 Å². The molecule has 3 nitrogen and oxygen atoms in total. The summed E-state index contributed by atoms with van der Waals surface area (Å²) in [7, 11) is 0. The normalized spacial score (nSPS) is 13.0. The van der Waals surface area contributed by atoms with Crippen LogP contribution in [-0.4, -0.2) is 17.4 Å². The molecule has 0 aromatic rings. The van der Waals surface area contributed by atoms with Crippen molar-refractivity contribution in [3.8, 4) is 0 Å². The van der Waals surface area contributed by atoms with Crippen molar-refractivity contribution >= 4 is 12.3 Å². The number of hydrogen-bond donors (Lipinski definition) is 1. The lowest BCUT2D eigenvalue weighted by Gasteiger charge is -1.59. The van der Waals surface area contributed by atoms with Crippen LogP contribution in [0.25, 0.3) is 0 Å². The van der Waals surface area contributed by atoms with Gasteiger partial charge in [0.05, 0.1) is 0 Å². The van der Waals surface area contributed by atoms with Crippen LogP contribution in [0.2, 0.25) is 0 Å². The second-order valence-corrected chi connectivity index (χ2v) is 1.52. The highest BCUT2D eigenvalue weighted by atomic mass is 16.4. The Morgan fingerprint density at radius 1 is 1.38 bits per heavy atom. The number of carboxylic acids is 1. The third-order valence-electron chi connectivity index (χ3n) is 0.454. The third kappa shape index (κ3) is 19.2. The molecular formula is C5H8O3. The number of aliphatic carboxylic acids is 1. The van der Waals surface area contributed by atoms with Crippen molar-refractivity contribution in [2.24, 2.45) is 0 Å². The fourth-order valence-electron chi connectivity index (χ4n) is 0. The highest BCUT2D eigenvalue weighted by molar-refractivity contribution is 6.19. The van der Waals surface area contributed by atoms with E-state index in [1.54, 1.807) is 0 Å². The fraction of sp³-hybridized carbons (Fsp3) is 0.600. The Kier molecular flexibility index (Phi) is 3.84. The summed E-state index contributed by atoms with van der Waals surface area (Å²) in [6, 6.07) is 0. The van der Waals surface area contributed by atoms with Crippen LogP contribution in [0.4, 0.5) is 0 Å². The molecule has 0 aliphatic heterocycles. The van der Waals surface area contributed by atoms with E-state index in [9.17, 15) is 0 Å². The molecule has 1 saturated carbocycles. The van der Waals surface area contributed by atoms with Crippen molar-refractivity contribution in [2.45, 2.75) is 19.3 Å². The monoisotopic (exact) mass is 116 g/mol. The maximum absolute atomic E-state index is 9.00. The predicted octanol–water partition coefficient (Wildman–Crippen LogP) is 0.440. The van der Waals surface area contributed by atoms with Gasteiger partial charge in [-0.1, -0.05) is 19.3 Å². The van der Waals surface area contributed by atoms with Crippen molar-refractivity contribution in [1.29, 1.82) is 0 Å². The number of aldehydes is 1. The summed E-state index contributed by atoms with van der Waals surface area (Å²) >= 11 is 0. The average molecular weight is 116 g/mol. The van der Waals surface area contributed by atoms with E-state index in [0.29, 0.717) is 0 Å². The van der Waals surface area contributed by atoms with Crippen molar-refractivity contribution in [3.63, 3.8) is 0 Å². The molecule has 0 aromatic carbocycles. The molecule has 0 spiro atoms. The number of hydrogen-bond acceptors (Lipinski definition) is 2. The number of carboxylic acid groups (broad SMARTS) is 1. The Bertz CT molecular complexity index is 82.9. The molecule has 0 aromatic heterocycles. The topological polar surface area (TPSA) is 54.4 Å². The second-order valence-electron chi connectivity index (χ2n) is 1.52. The smallest absolute Gasteiger partial charge is 0.368 e. The summed E-state index contributed by atoms with van der Waals surface area (Å²) in [6.45, 7) is 0. The molecule has 0 saturated heterocycles.